The highest BCUT2D eigenvalue weighted by atomic mass is 16.3. The van der Waals surface area contributed by atoms with Crippen molar-refractivity contribution in [3.05, 3.63) is 23.3 Å². The van der Waals surface area contributed by atoms with E-state index < -0.39 is 6.10 Å². The van der Waals surface area contributed by atoms with Crippen LogP contribution < -0.4 is 0 Å². The van der Waals surface area contributed by atoms with Gasteiger partial charge in [-0.1, -0.05) is 57.9 Å². The molecule has 0 aliphatic heterocycles. The van der Waals surface area contributed by atoms with Gasteiger partial charge in [0.25, 0.3) is 0 Å². The molecule has 4 saturated carbocycles. The molecule has 0 aromatic rings. The van der Waals surface area contributed by atoms with Crippen molar-refractivity contribution in [1.82, 2.24) is 0 Å². The molecule has 3 heteroatoms. The van der Waals surface area contributed by atoms with Crippen LogP contribution in [0, 0.1) is 45.3 Å². The van der Waals surface area contributed by atoms with Crippen LogP contribution in [-0.2, 0) is 0 Å². The lowest BCUT2D eigenvalue weighted by atomic mass is 9.34. The lowest BCUT2D eigenvalue weighted by Crippen LogP contribution is -2.69. The molecular formula is C30H50O3. The number of fused-ring (bicyclic) bond motifs is 5. The van der Waals surface area contributed by atoms with Crippen LogP contribution in [0.3, 0.4) is 0 Å². The van der Waals surface area contributed by atoms with Gasteiger partial charge in [-0.05, 0) is 111 Å². The molecule has 0 aromatic heterocycles. The third kappa shape index (κ3) is 3.54. The predicted molar refractivity (Wildman–Crippen MR) is 136 cm³/mol. The van der Waals surface area contributed by atoms with Gasteiger partial charge >= 0.3 is 0 Å². The third-order valence-electron chi connectivity index (χ3n) is 11.8. The van der Waals surface area contributed by atoms with E-state index in [0.717, 1.165) is 44.9 Å². The van der Waals surface area contributed by atoms with Crippen molar-refractivity contribution in [3.63, 3.8) is 0 Å². The van der Waals surface area contributed by atoms with Crippen molar-refractivity contribution in [2.75, 3.05) is 0 Å². The molecule has 4 aliphatic rings. The Morgan fingerprint density at radius 1 is 0.848 bits per heavy atom. The van der Waals surface area contributed by atoms with E-state index in [1.165, 1.54) is 11.1 Å². The molecule has 4 aliphatic carbocycles. The summed E-state index contributed by atoms with van der Waals surface area (Å²) in [6, 6.07) is 0. The van der Waals surface area contributed by atoms with E-state index in [1.807, 2.05) is 0 Å². The molecule has 0 unspecified atom stereocenters. The molecule has 0 amide bonds. The van der Waals surface area contributed by atoms with Gasteiger partial charge in [-0.2, -0.15) is 0 Å². The summed E-state index contributed by atoms with van der Waals surface area (Å²) in [4.78, 5) is 0. The van der Waals surface area contributed by atoms with Crippen LogP contribution in [0.1, 0.15) is 100 Å². The lowest BCUT2D eigenvalue weighted by Gasteiger charge is -2.71. The van der Waals surface area contributed by atoms with Crippen LogP contribution in [0.25, 0.3) is 0 Å². The van der Waals surface area contributed by atoms with E-state index >= 15 is 0 Å². The van der Waals surface area contributed by atoms with Gasteiger partial charge in [0.1, 0.15) is 0 Å². The number of allylic oxidation sites excluding steroid dienone is 4. The number of hydrogen-bond donors (Lipinski definition) is 3. The first-order chi connectivity index (χ1) is 15.2. The Balaban J connectivity index is 1.71. The van der Waals surface area contributed by atoms with E-state index in [9.17, 15) is 15.3 Å². The fourth-order valence-corrected chi connectivity index (χ4v) is 10.1. The highest BCUT2D eigenvalue weighted by Crippen LogP contribution is 2.75. The maximum atomic E-state index is 11.7. The van der Waals surface area contributed by atoms with E-state index in [0.29, 0.717) is 11.8 Å². The summed E-state index contributed by atoms with van der Waals surface area (Å²) < 4.78 is 0. The van der Waals surface area contributed by atoms with E-state index in [1.54, 1.807) is 0 Å². The minimum atomic E-state index is -0.401. The van der Waals surface area contributed by atoms with Gasteiger partial charge in [-0.15, -0.1) is 0 Å². The van der Waals surface area contributed by atoms with Crippen LogP contribution in [0.5, 0.6) is 0 Å². The molecule has 33 heavy (non-hydrogen) atoms. The van der Waals surface area contributed by atoms with E-state index in [4.69, 9.17) is 0 Å². The first-order valence-corrected chi connectivity index (χ1v) is 13.5. The van der Waals surface area contributed by atoms with Crippen LogP contribution in [0.4, 0.5) is 0 Å². The van der Waals surface area contributed by atoms with E-state index in [-0.39, 0.29) is 45.7 Å². The van der Waals surface area contributed by atoms with Gasteiger partial charge in [0.05, 0.1) is 18.3 Å². The zero-order valence-corrected chi connectivity index (χ0v) is 22.5. The predicted octanol–water partition coefficient (Wildman–Crippen LogP) is 6.28. The van der Waals surface area contributed by atoms with Crippen LogP contribution in [0.2, 0.25) is 0 Å². The number of hydrogen-bond acceptors (Lipinski definition) is 3. The third-order valence-corrected chi connectivity index (χ3v) is 11.8. The lowest BCUT2D eigenvalue weighted by molar-refractivity contribution is -0.270. The van der Waals surface area contributed by atoms with Crippen molar-refractivity contribution < 1.29 is 15.3 Å². The normalized spacial score (nSPS) is 51.4. The highest BCUT2D eigenvalue weighted by Gasteiger charge is 2.72. The van der Waals surface area contributed by atoms with Gasteiger partial charge in [0.15, 0.2) is 0 Å². The molecule has 188 valence electrons. The fourth-order valence-electron chi connectivity index (χ4n) is 10.1. The van der Waals surface area contributed by atoms with Crippen LogP contribution in [0.15, 0.2) is 23.3 Å². The fraction of sp³-hybridized carbons (Fsp3) is 0.867. The molecule has 3 nitrogen and oxygen atoms in total. The van der Waals surface area contributed by atoms with Crippen LogP contribution >= 0.6 is 0 Å². The molecule has 4 rings (SSSR count). The molecule has 0 bridgehead atoms. The Morgan fingerprint density at radius 2 is 1.52 bits per heavy atom. The SMILES string of the molecule is CC(C)=CCC=C(C)[C@H]1CC[C@]2(C)[C@@H]1[C@H](O)C[C@@H]1[C@@]3(C)CC[C@H](O)C(C)(C)[C@@H]3[C@@H](O)C[C@]12C. The first-order valence-electron chi connectivity index (χ1n) is 13.5. The van der Waals surface area contributed by atoms with Crippen LogP contribution in [-0.4, -0.2) is 33.6 Å². The summed E-state index contributed by atoms with van der Waals surface area (Å²) >= 11 is 0. The summed E-state index contributed by atoms with van der Waals surface area (Å²) in [5, 5.41) is 34.3. The zero-order valence-electron chi connectivity index (χ0n) is 22.5. The van der Waals surface area contributed by atoms with Crippen molar-refractivity contribution >= 4 is 0 Å². The topological polar surface area (TPSA) is 60.7 Å². The second kappa shape index (κ2) is 8.20. The molecule has 3 N–H and O–H groups in total. The molecule has 0 radical (unpaired) electrons. The monoisotopic (exact) mass is 458 g/mol. The summed E-state index contributed by atoms with van der Waals surface area (Å²) in [7, 11) is 0. The molecule has 4 fully saturated rings. The molecular weight excluding hydrogens is 408 g/mol. The van der Waals surface area contributed by atoms with E-state index in [2.05, 4.69) is 67.5 Å². The second-order valence-electron chi connectivity index (χ2n) is 14.0. The van der Waals surface area contributed by atoms with Gasteiger partial charge in [-0.3, -0.25) is 0 Å². The minimum Gasteiger partial charge on any atom is -0.393 e. The van der Waals surface area contributed by atoms with Crippen molar-refractivity contribution in [1.29, 1.82) is 0 Å². The first kappa shape index (κ1) is 25.5. The van der Waals surface area contributed by atoms with Crippen molar-refractivity contribution in [2.24, 2.45) is 45.3 Å². The summed E-state index contributed by atoms with van der Waals surface area (Å²) in [5.74, 6) is 1.13. The van der Waals surface area contributed by atoms with Gasteiger partial charge in [0, 0.05) is 0 Å². The Labute approximate surface area is 202 Å². The Bertz CT molecular complexity index is 822. The van der Waals surface area contributed by atoms with Crippen molar-refractivity contribution in [3.8, 4) is 0 Å². The number of aliphatic hydroxyl groups excluding tert-OH is 3. The summed E-state index contributed by atoms with van der Waals surface area (Å²) in [6.45, 7) is 18.1. The highest BCUT2D eigenvalue weighted by molar-refractivity contribution is 5.24. The molecule has 0 heterocycles. The molecule has 10 atom stereocenters. The Kier molecular flexibility index (Phi) is 6.33. The van der Waals surface area contributed by atoms with Gasteiger partial charge in [0.2, 0.25) is 0 Å². The average molecular weight is 459 g/mol. The Morgan fingerprint density at radius 3 is 2.15 bits per heavy atom. The maximum Gasteiger partial charge on any atom is 0.0595 e. The average Bonchev–Trinajstić information content (AvgIpc) is 3.07. The summed E-state index contributed by atoms with van der Waals surface area (Å²) in [6.07, 6.45) is 10.2. The maximum absolute atomic E-state index is 11.7. The van der Waals surface area contributed by atoms with Gasteiger partial charge < -0.3 is 15.3 Å². The molecule has 0 saturated heterocycles. The molecule has 0 aromatic carbocycles. The van der Waals surface area contributed by atoms with Gasteiger partial charge in [-0.25, -0.2) is 0 Å². The zero-order chi connectivity index (χ0) is 24.6. The molecule has 0 spiro atoms. The standard InChI is InChI=1S/C30H50O3/c1-18(2)10-9-11-19(3)20-12-15-29(7)25(20)21(31)16-23-28(6)14-13-24(33)27(4,5)26(28)22(32)17-30(23,29)8/h10-11,20-26,31-33H,9,12-17H2,1-8H3/t20-,21-,22+,23-,24+,25+,26+,28-,29-,30-/m1/s1. The smallest absolute Gasteiger partial charge is 0.0595 e. The summed E-state index contributed by atoms with van der Waals surface area (Å²) in [5.41, 5.74) is 2.43. The Hall–Kier alpha value is -0.640. The number of aliphatic hydroxyl groups is 3. The minimum absolute atomic E-state index is 0.00508. The second-order valence-corrected chi connectivity index (χ2v) is 14.0. The quantitative estimate of drug-likeness (QED) is 0.436. The largest absolute Gasteiger partial charge is 0.393 e. The van der Waals surface area contributed by atoms with Crippen molar-refractivity contribution in [2.45, 2.75) is 119 Å². The number of rotatable bonds is 3.